The molecule has 0 radical (unpaired) electrons. The summed E-state index contributed by atoms with van der Waals surface area (Å²) in [6.07, 6.45) is 0.822. The Morgan fingerprint density at radius 3 is 2.50 bits per heavy atom. The van der Waals surface area contributed by atoms with Crippen LogP contribution < -0.4 is 9.64 Å². The van der Waals surface area contributed by atoms with Crippen molar-refractivity contribution in [2.45, 2.75) is 33.7 Å². The number of carbonyl (C=O) groups excluding carboxylic acids is 1. The molecule has 0 bridgehead atoms. The zero-order valence-corrected chi connectivity index (χ0v) is 21.7. The standard InChI is InChI=1S/C28H36FN5O2/c1-5-14-33(28(35)24-12-7-8-13-26(24)36-4)20-25-21(3)30-34(23-11-9-10-22(29)19-23)27(25)32-17-15-31(6-2)16-18-32/h7-13,19H,5-6,14-18,20H2,1-4H3. The Hall–Kier alpha value is -3.39. The van der Waals surface area contributed by atoms with Gasteiger partial charge in [-0.2, -0.15) is 5.10 Å². The maximum Gasteiger partial charge on any atom is 0.257 e. The van der Waals surface area contributed by atoms with Crippen molar-refractivity contribution >= 4 is 11.7 Å². The average molecular weight is 494 g/mol. The maximum atomic E-state index is 14.2. The van der Waals surface area contributed by atoms with Crippen LogP contribution >= 0.6 is 0 Å². The van der Waals surface area contributed by atoms with E-state index in [2.05, 4.69) is 23.6 Å². The number of rotatable bonds is 9. The maximum absolute atomic E-state index is 14.2. The first kappa shape index (κ1) is 25.7. The van der Waals surface area contributed by atoms with E-state index in [1.54, 1.807) is 19.2 Å². The number of aryl methyl sites for hydroxylation is 1. The molecule has 0 spiro atoms. The Morgan fingerprint density at radius 1 is 1.08 bits per heavy atom. The molecule has 1 saturated heterocycles. The third kappa shape index (κ3) is 5.38. The largest absolute Gasteiger partial charge is 0.496 e. The molecular formula is C28H36FN5O2. The molecule has 0 saturated carbocycles. The fourth-order valence-electron chi connectivity index (χ4n) is 4.83. The third-order valence-electron chi connectivity index (χ3n) is 6.80. The van der Waals surface area contributed by atoms with Crippen molar-refractivity contribution in [1.82, 2.24) is 19.6 Å². The third-order valence-corrected chi connectivity index (χ3v) is 6.80. The van der Waals surface area contributed by atoms with E-state index in [9.17, 15) is 9.18 Å². The predicted octanol–water partition coefficient (Wildman–Crippen LogP) is 4.52. The van der Waals surface area contributed by atoms with Crippen molar-refractivity contribution in [3.05, 3.63) is 71.2 Å². The molecule has 1 aliphatic heterocycles. The Kier molecular flexibility index (Phi) is 8.25. The molecule has 0 N–H and O–H groups in total. The van der Waals surface area contributed by atoms with Gasteiger partial charge in [0.1, 0.15) is 17.4 Å². The molecule has 1 aliphatic rings. The first-order valence-corrected chi connectivity index (χ1v) is 12.7. The molecular weight excluding hydrogens is 457 g/mol. The van der Waals surface area contributed by atoms with Crippen LogP contribution in [0.25, 0.3) is 5.69 Å². The smallest absolute Gasteiger partial charge is 0.257 e. The minimum atomic E-state index is -0.303. The lowest BCUT2D eigenvalue weighted by atomic mass is 10.1. The highest BCUT2D eigenvalue weighted by molar-refractivity contribution is 5.97. The van der Waals surface area contributed by atoms with Gasteiger partial charge in [0.05, 0.1) is 30.6 Å². The van der Waals surface area contributed by atoms with Gasteiger partial charge in [-0.05, 0) is 50.2 Å². The van der Waals surface area contributed by atoms with E-state index < -0.39 is 0 Å². The molecule has 7 nitrogen and oxygen atoms in total. The van der Waals surface area contributed by atoms with Gasteiger partial charge in [0.15, 0.2) is 0 Å². The number of hydrogen-bond acceptors (Lipinski definition) is 5. The topological polar surface area (TPSA) is 53.8 Å². The number of carbonyl (C=O) groups is 1. The van der Waals surface area contributed by atoms with Gasteiger partial charge in [0, 0.05) is 38.3 Å². The van der Waals surface area contributed by atoms with Gasteiger partial charge >= 0.3 is 0 Å². The van der Waals surface area contributed by atoms with Crippen molar-refractivity contribution in [3.63, 3.8) is 0 Å². The zero-order chi connectivity index (χ0) is 25.7. The van der Waals surface area contributed by atoms with Crippen molar-refractivity contribution in [3.8, 4) is 11.4 Å². The summed E-state index contributed by atoms with van der Waals surface area (Å²) in [6, 6.07) is 13.8. The highest BCUT2D eigenvalue weighted by Crippen LogP contribution is 2.31. The minimum absolute atomic E-state index is 0.0750. The summed E-state index contributed by atoms with van der Waals surface area (Å²) in [5.41, 5.74) is 3.04. The Morgan fingerprint density at radius 2 is 1.83 bits per heavy atom. The van der Waals surface area contributed by atoms with Gasteiger partial charge in [-0.3, -0.25) is 4.79 Å². The van der Waals surface area contributed by atoms with Crippen LogP contribution in [0.5, 0.6) is 5.75 Å². The van der Waals surface area contributed by atoms with E-state index in [4.69, 9.17) is 9.84 Å². The second kappa shape index (κ2) is 11.6. The van der Waals surface area contributed by atoms with E-state index >= 15 is 0 Å². The lowest BCUT2D eigenvalue weighted by molar-refractivity contribution is 0.0739. The van der Waals surface area contributed by atoms with Crippen LogP contribution in [-0.4, -0.2) is 71.9 Å². The number of hydrogen-bond donors (Lipinski definition) is 0. The van der Waals surface area contributed by atoms with E-state index in [0.29, 0.717) is 30.1 Å². The van der Waals surface area contributed by atoms with Gasteiger partial charge in [-0.25, -0.2) is 9.07 Å². The normalized spacial score (nSPS) is 14.2. The second-order valence-corrected chi connectivity index (χ2v) is 9.13. The Balaban J connectivity index is 1.75. The number of ether oxygens (including phenoxy) is 1. The molecule has 0 atom stereocenters. The Bertz CT molecular complexity index is 1190. The van der Waals surface area contributed by atoms with Gasteiger partial charge < -0.3 is 19.4 Å². The molecule has 4 rings (SSSR count). The zero-order valence-electron chi connectivity index (χ0n) is 21.7. The molecule has 1 aromatic heterocycles. The number of anilines is 1. The van der Waals surface area contributed by atoms with E-state index in [1.807, 2.05) is 40.8 Å². The number of para-hydroxylation sites is 1. The van der Waals surface area contributed by atoms with Gasteiger partial charge in [0.25, 0.3) is 5.91 Å². The minimum Gasteiger partial charge on any atom is -0.496 e. The number of amides is 1. The first-order valence-electron chi connectivity index (χ1n) is 12.7. The van der Waals surface area contributed by atoms with Crippen LogP contribution in [0.4, 0.5) is 10.2 Å². The number of aromatic nitrogens is 2. The molecule has 3 aromatic rings. The van der Waals surface area contributed by atoms with Gasteiger partial charge in [-0.15, -0.1) is 0 Å². The fourth-order valence-corrected chi connectivity index (χ4v) is 4.83. The summed E-state index contributed by atoms with van der Waals surface area (Å²) < 4.78 is 21.5. The highest BCUT2D eigenvalue weighted by atomic mass is 19.1. The number of likely N-dealkylation sites (N-methyl/N-ethyl adjacent to an activating group) is 1. The van der Waals surface area contributed by atoms with Crippen molar-refractivity contribution in [2.75, 3.05) is 51.3 Å². The van der Waals surface area contributed by atoms with E-state index in [-0.39, 0.29) is 11.7 Å². The van der Waals surface area contributed by atoms with Crippen LogP contribution in [0.3, 0.4) is 0 Å². The average Bonchev–Trinajstić information content (AvgIpc) is 3.23. The van der Waals surface area contributed by atoms with Crippen LogP contribution in [0.15, 0.2) is 48.5 Å². The lowest BCUT2D eigenvalue weighted by Gasteiger charge is -2.36. The van der Waals surface area contributed by atoms with Crippen LogP contribution in [0.2, 0.25) is 0 Å². The van der Waals surface area contributed by atoms with Gasteiger partial charge in [0.2, 0.25) is 0 Å². The Labute approximate surface area is 213 Å². The quantitative estimate of drug-likeness (QED) is 0.439. The van der Waals surface area contributed by atoms with Crippen LogP contribution in [0.1, 0.15) is 41.9 Å². The predicted molar refractivity (Wildman–Crippen MR) is 141 cm³/mol. The summed E-state index contributed by atoms with van der Waals surface area (Å²) in [5.74, 6) is 1.12. The van der Waals surface area contributed by atoms with Gasteiger partial charge in [-0.1, -0.05) is 32.0 Å². The van der Waals surface area contributed by atoms with E-state index in [0.717, 1.165) is 56.2 Å². The molecule has 1 fully saturated rings. The van der Waals surface area contributed by atoms with Crippen LogP contribution in [-0.2, 0) is 6.54 Å². The number of piperazine rings is 1. The number of benzene rings is 2. The highest BCUT2D eigenvalue weighted by Gasteiger charge is 2.28. The van der Waals surface area contributed by atoms with E-state index in [1.165, 1.54) is 12.1 Å². The molecule has 1 amide bonds. The molecule has 36 heavy (non-hydrogen) atoms. The molecule has 0 unspecified atom stereocenters. The lowest BCUT2D eigenvalue weighted by Crippen LogP contribution is -2.47. The summed E-state index contributed by atoms with van der Waals surface area (Å²) >= 11 is 0. The van der Waals surface area contributed by atoms with Crippen molar-refractivity contribution in [2.24, 2.45) is 0 Å². The molecule has 0 aliphatic carbocycles. The first-order chi connectivity index (χ1) is 17.5. The summed E-state index contributed by atoms with van der Waals surface area (Å²) in [5, 5.41) is 4.85. The second-order valence-electron chi connectivity index (χ2n) is 9.13. The monoisotopic (exact) mass is 493 g/mol. The van der Waals surface area contributed by atoms with Crippen molar-refractivity contribution in [1.29, 1.82) is 0 Å². The molecule has 192 valence electrons. The molecule has 8 heteroatoms. The molecule has 2 heterocycles. The number of methoxy groups -OCH3 is 1. The van der Waals surface area contributed by atoms with Crippen LogP contribution in [0, 0.1) is 12.7 Å². The number of nitrogens with zero attached hydrogens (tertiary/aromatic N) is 5. The van der Waals surface area contributed by atoms with Crippen molar-refractivity contribution < 1.29 is 13.9 Å². The number of halogens is 1. The fraction of sp³-hybridized carbons (Fsp3) is 0.429. The summed E-state index contributed by atoms with van der Waals surface area (Å²) in [6.45, 7) is 11.8. The molecule has 2 aromatic carbocycles. The summed E-state index contributed by atoms with van der Waals surface area (Å²) in [4.78, 5) is 20.3. The SMILES string of the molecule is CCCN(Cc1c(C)nn(-c2cccc(F)c2)c1N1CCN(CC)CC1)C(=O)c1ccccc1OC. The summed E-state index contributed by atoms with van der Waals surface area (Å²) in [7, 11) is 1.58.